The Morgan fingerprint density at radius 3 is 2.88 bits per heavy atom. The molecule has 3 rings (SSSR count). The van der Waals surface area contributed by atoms with Gasteiger partial charge in [-0.3, -0.25) is 0 Å². The molecule has 1 aromatic heterocycles. The van der Waals surface area contributed by atoms with Crippen LogP contribution in [0.4, 0.5) is 4.79 Å². The molecule has 0 aliphatic carbocycles. The average Bonchev–Trinajstić information content (AvgIpc) is 2.98. The molecule has 3 heterocycles. The zero-order valence-electron chi connectivity index (χ0n) is 14.6. The molecule has 2 amide bonds. The molecule has 0 aromatic carbocycles. The fourth-order valence-electron chi connectivity index (χ4n) is 3.84. The quantitative estimate of drug-likeness (QED) is 0.849. The Labute approximate surface area is 143 Å². The monoisotopic (exact) mass is 333 g/mol. The number of hydrogen-bond donors (Lipinski definition) is 0. The Morgan fingerprint density at radius 2 is 2.21 bits per heavy atom. The molecule has 0 bridgehead atoms. The number of hydrogen-bond acceptors (Lipinski definition) is 4. The first kappa shape index (κ1) is 17.0. The number of amides is 2. The Bertz CT molecular complexity index is 542. The van der Waals surface area contributed by atoms with Gasteiger partial charge in [0.15, 0.2) is 0 Å². The molecule has 24 heavy (non-hydrogen) atoms. The third-order valence-corrected chi connectivity index (χ3v) is 5.22. The van der Waals surface area contributed by atoms with Gasteiger partial charge in [-0.25, -0.2) is 9.78 Å². The number of ether oxygens (including phenoxy) is 2. The summed E-state index contributed by atoms with van der Waals surface area (Å²) < 4.78 is 11.9. The number of carbonyl (C=O) groups excluding carboxylic acids is 1. The van der Waals surface area contributed by atoms with Crippen molar-refractivity contribution in [1.82, 2.24) is 14.8 Å². The van der Waals surface area contributed by atoms with Crippen molar-refractivity contribution in [2.45, 2.75) is 31.3 Å². The zero-order valence-corrected chi connectivity index (χ0v) is 14.6. The first-order valence-electron chi connectivity index (χ1n) is 8.75. The lowest BCUT2D eigenvalue weighted by Gasteiger charge is -2.42. The standard InChI is InChI=1S/C18H27N3O3/c1-20(2)17(22)21-11-8-18(9-12-21)15(7-14-24-18)6-13-23-16-5-3-4-10-19-16/h3-5,10,15H,6-9,11-14H2,1-2H3/t15-/m0/s1. The highest BCUT2D eigenvalue weighted by Crippen LogP contribution is 2.42. The summed E-state index contributed by atoms with van der Waals surface area (Å²) in [5, 5.41) is 0. The summed E-state index contributed by atoms with van der Waals surface area (Å²) in [6.45, 7) is 3.02. The van der Waals surface area contributed by atoms with E-state index in [0.717, 1.165) is 45.4 Å². The molecule has 0 saturated carbocycles. The number of aromatic nitrogens is 1. The normalized spacial score (nSPS) is 22.6. The first-order chi connectivity index (χ1) is 11.6. The van der Waals surface area contributed by atoms with Crippen molar-refractivity contribution >= 4 is 6.03 Å². The summed E-state index contributed by atoms with van der Waals surface area (Å²) >= 11 is 0. The number of urea groups is 1. The fraction of sp³-hybridized carbons (Fsp3) is 0.667. The highest BCUT2D eigenvalue weighted by Gasteiger charge is 2.46. The van der Waals surface area contributed by atoms with Gasteiger partial charge >= 0.3 is 6.03 Å². The van der Waals surface area contributed by atoms with Crippen LogP contribution >= 0.6 is 0 Å². The van der Waals surface area contributed by atoms with E-state index in [0.29, 0.717) is 18.4 Å². The van der Waals surface area contributed by atoms with E-state index in [1.165, 1.54) is 0 Å². The molecule has 2 aliphatic heterocycles. The van der Waals surface area contributed by atoms with Gasteiger partial charge < -0.3 is 19.3 Å². The third-order valence-electron chi connectivity index (χ3n) is 5.22. The number of likely N-dealkylation sites (tertiary alicyclic amines) is 1. The maximum absolute atomic E-state index is 12.1. The number of rotatable bonds is 4. The van der Waals surface area contributed by atoms with Crippen molar-refractivity contribution in [3.05, 3.63) is 24.4 Å². The number of pyridine rings is 1. The third kappa shape index (κ3) is 3.64. The molecule has 0 unspecified atom stereocenters. The van der Waals surface area contributed by atoms with Gasteiger partial charge in [-0.2, -0.15) is 0 Å². The summed E-state index contributed by atoms with van der Waals surface area (Å²) in [5.41, 5.74) is -0.0728. The van der Waals surface area contributed by atoms with Crippen LogP contribution in [0.5, 0.6) is 5.88 Å². The van der Waals surface area contributed by atoms with Crippen LogP contribution in [0.25, 0.3) is 0 Å². The van der Waals surface area contributed by atoms with Gasteiger partial charge in [0.1, 0.15) is 0 Å². The molecule has 0 N–H and O–H groups in total. The van der Waals surface area contributed by atoms with E-state index in [9.17, 15) is 4.79 Å². The summed E-state index contributed by atoms with van der Waals surface area (Å²) in [6, 6.07) is 5.79. The number of carbonyl (C=O) groups is 1. The second-order valence-corrected chi connectivity index (χ2v) is 6.87. The van der Waals surface area contributed by atoms with E-state index in [1.807, 2.05) is 23.1 Å². The molecule has 1 spiro atoms. The molecule has 1 aromatic rings. The second kappa shape index (κ2) is 7.38. The Morgan fingerprint density at radius 1 is 1.42 bits per heavy atom. The van der Waals surface area contributed by atoms with Gasteiger partial charge in [0.25, 0.3) is 0 Å². The highest BCUT2D eigenvalue weighted by molar-refractivity contribution is 5.73. The van der Waals surface area contributed by atoms with Crippen molar-refractivity contribution < 1.29 is 14.3 Å². The van der Waals surface area contributed by atoms with E-state index >= 15 is 0 Å². The Balaban J connectivity index is 1.51. The molecule has 1 atom stereocenters. The average molecular weight is 333 g/mol. The summed E-state index contributed by atoms with van der Waals surface area (Å²) in [5.74, 6) is 1.18. The van der Waals surface area contributed by atoms with Crippen LogP contribution in [-0.4, -0.2) is 66.8 Å². The highest BCUT2D eigenvalue weighted by atomic mass is 16.5. The van der Waals surface area contributed by atoms with Crippen LogP contribution in [0.15, 0.2) is 24.4 Å². The van der Waals surface area contributed by atoms with Crippen molar-refractivity contribution in [2.75, 3.05) is 40.4 Å². The smallest absolute Gasteiger partial charge is 0.319 e. The van der Waals surface area contributed by atoms with Gasteiger partial charge in [0, 0.05) is 46.1 Å². The number of piperidine rings is 1. The second-order valence-electron chi connectivity index (χ2n) is 6.87. The molecular weight excluding hydrogens is 306 g/mol. The Hall–Kier alpha value is -1.82. The van der Waals surface area contributed by atoms with Crippen molar-refractivity contribution in [1.29, 1.82) is 0 Å². The maximum atomic E-state index is 12.1. The fourth-order valence-corrected chi connectivity index (χ4v) is 3.84. The molecule has 6 heteroatoms. The van der Waals surface area contributed by atoms with Gasteiger partial charge in [0.2, 0.25) is 5.88 Å². The van der Waals surface area contributed by atoms with Crippen LogP contribution in [0.1, 0.15) is 25.7 Å². The van der Waals surface area contributed by atoms with Crippen LogP contribution < -0.4 is 4.74 Å². The maximum Gasteiger partial charge on any atom is 0.319 e. The van der Waals surface area contributed by atoms with Gasteiger partial charge in [-0.05, 0) is 37.7 Å². The van der Waals surface area contributed by atoms with Crippen molar-refractivity contribution in [2.24, 2.45) is 5.92 Å². The minimum Gasteiger partial charge on any atom is -0.478 e. The molecule has 2 aliphatic rings. The van der Waals surface area contributed by atoms with Crippen LogP contribution in [0.2, 0.25) is 0 Å². The predicted octanol–water partition coefficient (Wildman–Crippen LogP) is 2.40. The van der Waals surface area contributed by atoms with Crippen molar-refractivity contribution in [3.8, 4) is 5.88 Å². The topological polar surface area (TPSA) is 54.9 Å². The summed E-state index contributed by atoms with van der Waals surface area (Å²) in [7, 11) is 3.60. The van der Waals surface area contributed by atoms with Gasteiger partial charge in [-0.15, -0.1) is 0 Å². The van der Waals surface area contributed by atoms with Gasteiger partial charge in [0.05, 0.1) is 12.2 Å². The molecular formula is C18H27N3O3. The minimum atomic E-state index is -0.0728. The largest absolute Gasteiger partial charge is 0.478 e. The van der Waals surface area contributed by atoms with Crippen LogP contribution in [-0.2, 0) is 4.74 Å². The molecule has 2 saturated heterocycles. The van der Waals surface area contributed by atoms with E-state index in [-0.39, 0.29) is 11.6 Å². The Kier molecular flexibility index (Phi) is 5.23. The molecule has 0 radical (unpaired) electrons. The van der Waals surface area contributed by atoms with Crippen LogP contribution in [0.3, 0.4) is 0 Å². The van der Waals surface area contributed by atoms with Crippen LogP contribution in [0, 0.1) is 5.92 Å². The molecule has 6 nitrogen and oxygen atoms in total. The minimum absolute atomic E-state index is 0.0728. The zero-order chi connectivity index (χ0) is 17.0. The van der Waals surface area contributed by atoms with E-state index in [1.54, 1.807) is 25.2 Å². The van der Waals surface area contributed by atoms with Crippen molar-refractivity contribution in [3.63, 3.8) is 0 Å². The lowest BCUT2D eigenvalue weighted by molar-refractivity contribution is -0.0644. The van der Waals surface area contributed by atoms with Gasteiger partial charge in [-0.1, -0.05) is 6.07 Å². The molecule has 132 valence electrons. The van der Waals surface area contributed by atoms with E-state index in [2.05, 4.69) is 4.98 Å². The number of nitrogens with zero attached hydrogens (tertiary/aromatic N) is 3. The first-order valence-corrected chi connectivity index (χ1v) is 8.75. The summed E-state index contributed by atoms with van der Waals surface area (Å²) in [4.78, 5) is 19.9. The van der Waals surface area contributed by atoms with E-state index in [4.69, 9.17) is 9.47 Å². The molecule has 2 fully saturated rings. The lowest BCUT2D eigenvalue weighted by Crippen LogP contribution is -2.51. The lowest BCUT2D eigenvalue weighted by atomic mass is 9.78. The SMILES string of the molecule is CN(C)C(=O)N1CCC2(CC1)OCC[C@@H]2CCOc1ccccn1. The predicted molar refractivity (Wildman–Crippen MR) is 91.0 cm³/mol. The summed E-state index contributed by atoms with van der Waals surface area (Å²) in [6.07, 6.45) is 5.63. The van der Waals surface area contributed by atoms with E-state index < -0.39 is 0 Å².